The van der Waals surface area contributed by atoms with Crippen LogP contribution in [0, 0.1) is 0 Å². The number of ether oxygens (including phenoxy) is 1. The van der Waals surface area contributed by atoms with Gasteiger partial charge in [-0.1, -0.05) is 16.3 Å². The topological polar surface area (TPSA) is 55.4 Å². The van der Waals surface area contributed by atoms with Gasteiger partial charge in [0.1, 0.15) is 6.26 Å². The first-order valence-electron chi connectivity index (χ1n) is 4.69. The van der Waals surface area contributed by atoms with E-state index in [2.05, 4.69) is 0 Å². The third kappa shape index (κ3) is 3.22. The normalized spacial score (nSPS) is 14.7. The molecule has 1 aromatic rings. The molecular formula is C10H11F3NO3S+. The number of alkyl halides is 3. The Bertz CT molecular complexity index is 501. The largest absolute Gasteiger partial charge is 0.491 e. The summed E-state index contributed by atoms with van der Waals surface area (Å²) in [5.74, 6) is -2.10. The van der Waals surface area contributed by atoms with Crippen molar-refractivity contribution in [2.75, 3.05) is 13.4 Å². The van der Waals surface area contributed by atoms with Crippen molar-refractivity contribution in [1.29, 1.82) is 0 Å². The summed E-state index contributed by atoms with van der Waals surface area (Å²) in [5, 5.41) is 0. The minimum absolute atomic E-state index is 0.00472. The SMILES string of the molecule is COc1ccccc1[S+](C)(=O)NC(=O)C(F)(F)F. The number of carbonyl (C=O) groups excluding carboxylic acids is 1. The number of nitrogens with one attached hydrogen (secondary N) is 1. The number of halogens is 3. The van der Waals surface area contributed by atoms with E-state index in [-0.39, 0.29) is 10.6 Å². The van der Waals surface area contributed by atoms with E-state index in [9.17, 15) is 22.2 Å². The van der Waals surface area contributed by atoms with Crippen LogP contribution in [0.2, 0.25) is 0 Å². The number of benzene rings is 1. The first-order valence-corrected chi connectivity index (χ1v) is 6.66. The number of hydrogen-bond acceptors (Lipinski definition) is 3. The fourth-order valence-corrected chi connectivity index (χ4v) is 2.68. The molecule has 100 valence electrons. The molecule has 4 nitrogen and oxygen atoms in total. The lowest BCUT2D eigenvalue weighted by molar-refractivity contribution is -0.171. The lowest BCUT2D eigenvalue weighted by atomic mass is 10.3. The van der Waals surface area contributed by atoms with Crippen LogP contribution in [0.4, 0.5) is 13.2 Å². The van der Waals surface area contributed by atoms with Crippen molar-refractivity contribution in [2.24, 2.45) is 0 Å². The Morgan fingerprint density at radius 1 is 1.33 bits per heavy atom. The fraction of sp³-hybridized carbons (Fsp3) is 0.300. The van der Waals surface area contributed by atoms with Crippen LogP contribution < -0.4 is 9.46 Å². The smallest absolute Gasteiger partial charge is 0.475 e. The zero-order chi connectivity index (χ0) is 14.0. The van der Waals surface area contributed by atoms with Gasteiger partial charge in [-0.25, -0.2) is 0 Å². The van der Waals surface area contributed by atoms with Crippen molar-refractivity contribution in [2.45, 2.75) is 11.1 Å². The third-order valence-electron chi connectivity index (χ3n) is 2.03. The lowest BCUT2D eigenvalue weighted by Crippen LogP contribution is -2.43. The number of rotatable bonds is 3. The van der Waals surface area contributed by atoms with Crippen LogP contribution in [-0.2, 0) is 19.1 Å². The summed E-state index contributed by atoms with van der Waals surface area (Å²) in [5.41, 5.74) is 0. The predicted molar refractivity (Wildman–Crippen MR) is 59.4 cm³/mol. The van der Waals surface area contributed by atoms with E-state index in [0.717, 1.165) is 6.26 Å². The highest BCUT2D eigenvalue weighted by Gasteiger charge is 2.45. The molecule has 1 N–H and O–H groups in total. The molecule has 8 heteroatoms. The van der Waals surface area contributed by atoms with Gasteiger partial charge in [-0.2, -0.15) is 17.9 Å². The predicted octanol–water partition coefficient (Wildman–Crippen LogP) is 1.78. The van der Waals surface area contributed by atoms with Crippen LogP contribution in [0.25, 0.3) is 0 Å². The molecule has 1 rings (SSSR count). The molecule has 18 heavy (non-hydrogen) atoms. The summed E-state index contributed by atoms with van der Waals surface area (Å²) in [6, 6.07) is 5.83. The lowest BCUT2D eigenvalue weighted by Gasteiger charge is -2.12. The maximum atomic E-state index is 12.1. The summed E-state index contributed by atoms with van der Waals surface area (Å²) < 4.78 is 54.8. The van der Waals surface area contributed by atoms with E-state index >= 15 is 0 Å². The minimum atomic E-state index is -5.08. The number of methoxy groups -OCH3 is 1. The zero-order valence-electron chi connectivity index (χ0n) is 9.58. The van der Waals surface area contributed by atoms with E-state index in [4.69, 9.17) is 4.74 Å². The van der Waals surface area contributed by atoms with Crippen LogP contribution in [-0.4, -0.2) is 25.4 Å². The maximum Gasteiger partial charge on any atom is 0.475 e. The number of carbonyl (C=O) groups is 1. The van der Waals surface area contributed by atoms with Gasteiger partial charge < -0.3 is 4.74 Å². The minimum Gasteiger partial charge on any atom is -0.491 e. The summed E-state index contributed by atoms with van der Waals surface area (Å²) in [7, 11) is -2.09. The van der Waals surface area contributed by atoms with Crippen molar-refractivity contribution < 1.29 is 26.9 Å². The Labute approximate surface area is 103 Å². The van der Waals surface area contributed by atoms with Gasteiger partial charge in [0.05, 0.1) is 7.11 Å². The summed E-state index contributed by atoms with van der Waals surface area (Å²) in [6.45, 7) is 0. The van der Waals surface area contributed by atoms with Gasteiger partial charge in [-0.05, 0) is 12.1 Å². The number of hydrogen-bond donors (Lipinski definition) is 1. The highest BCUT2D eigenvalue weighted by Crippen LogP contribution is 2.27. The highest BCUT2D eigenvalue weighted by atomic mass is 32.3. The molecule has 0 aliphatic carbocycles. The maximum absolute atomic E-state index is 12.1. The Kier molecular flexibility index (Phi) is 4.00. The second kappa shape index (κ2) is 4.97. The van der Waals surface area contributed by atoms with Crippen LogP contribution in [0.3, 0.4) is 0 Å². The van der Waals surface area contributed by atoms with Gasteiger partial charge in [0.2, 0.25) is 15.0 Å². The molecule has 0 aromatic heterocycles. The Balaban J connectivity index is 3.07. The van der Waals surface area contributed by atoms with Crippen molar-refractivity contribution in [3.63, 3.8) is 0 Å². The van der Waals surface area contributed by atoms with Gasteiger partial charge in [-0.15, -0.1) is 0 Å². The molecular weight excluding hydrogens is 271 g/mol. The first-order chi connectivity index (χ1) is 8.18. The quantitative estimate of drug-likeness (QED) is 0.860. The van der Waals surface area contributed by atoms with E-state index in [1.807, 2.05) is 0 Å². The highest BCUT2D eigenvalue weighted by molar-refractivity contribution is 8.01. The monoisotopic (exact) mass is 282 g/mol. The van der Waals surface area contributed by atoms with Crippen molar-refractivity contribution >= 4 is 16.0 Å². The summed E-state index contributed by atoms with van der Waals surface area (Å²) in [4.78, 5) is 10.8. The molecule has 1 unspecified atom stereocenters. The molecule has 0 radical (unpaired) electrons. The molecule has 0 heterocycles. The molecule has 0 aliphatic heterocycles. The molecule has 1 amide bonds. The van der Waals surface area contributed by atoms with E-state index in [1.165, 1.54) is 30.0 Å². The van der Waals surface area contributed by atoms with Gasteiger partial charge in [0.15, 0.2) is 5.75 Å². The van der Waals surface area contributed by atoms with Gasteiger partial charge >= 0.3 is 12.1 Å². The van der Waals surface area contributed by atoms with E-state index in [1.54, 1.807) is 6.07 Å². The molecule has 1 atom stereocenters. The zero-order valence-corrected chi connectivity index (χ0v) is 10.4. The average Bonchev–Trinajstić information content (AvgIpc) is 2.27. The van der Waals surface area contributed by atoms with Gasteiger partial charge in [0.25, 0.3) is 0 Å². The second-order valence-electron chi connectivity index (χ2n) is 3.42. The fourth-order valence-electron chi connectivity index (χ4n) is 1.23. The van der Waals surface area contributed by atoms with Gasteiger partial charge in [0, 0.05) is 0 Å². The Morgan fingerprint density at radius 2 is 1.89 bits per heavy atom. The number of amides is 1. The van der Waals surface area contributed by atoms with E-state index < -0.39 is 22.2 Å². The molecule has 0 saturated heterocycles. The number of para-hydroxylation sites is 1. The summed E-state index contributed by atoms with van der Waals surface area (Å²) >= 11 is 0. The summed E-state index contributed by atoms with van der Waals surface area (Å²) in [6.07, 6.45) is -4.07. The van der Waals surface area contributed by atoms with Crippen LogP contribution >= 0.6 is 0 Å². The molecule has 1 aromatic carbocycles. The Morgan fingerprint density at radius 3 is 2.39 bits per heavy atom. The average molecular weight is 282 g/mol. The van der Waals surface area contributed by atoms with Crippen molar-refractivity contribution in [3.8, 4) is 5.75 Å². The first kappa shape index (κ1) is 14.5. The second-order valence-corrected chi connectivity index (χ2v) is 5.75. The molecule has 0 aliphatic rings. The molecule has 0 spiro atoms. The van der Waals surface area contributed by atoms with Crippen molar-refractivity contribution in [3.05, 3.63) is 24.3 Å². The molecule has 0 saturated carbocycles. The third-order valence-corrected chi connectivity index (χ3v) is 3.79. The molecule has 0 bridgehead atoms. The van der Waals surface area contributed by atoms with Crippen LogP contribution in [0.15, 0.2) is 29.2 Å². The Hall–Kier alpha value is -1.57. The van der Waals surface area contributed by atoms with E-state index in [0.29, 0.717) is 0 Å². The standard InChI is InChI=1S/C10H10F3NO3S/c1-17-7-5-3-4-6-8(7)18(2,16)14-9(15)10(11,12)13/h3-6H,1-2H3/p+1. The van der Waals surface area contributed by atoms with Crippen LogP contribution in [0.5, 0.6) is 5.75 Å². The molecule has 0 fully saturated rings. The van der Waals surface area contributed by atoms with Crippen LogP contribution in [0.1, 0.15) is 0 Å². The van der Waals surface area contributed by atoms with Crippen molar-refractivity contribution in [1.82, 2.24) is 4.72 Å². The van der Waals surface area contributed by atoms with Gasteiger partial charge in [-0.3, -0.25) is 4.79 Å².